The molecule has 1 aromatic rings. The summed E-state index contributed by atoms with van der Waals surface area (Å²) in [6.45, 7) is 3.67. The van der Waals surface area contributed by atoms with E-state index in [1.54, 1.807) is 0 Å². The van der Waals surface area contributed by atoms with Crippen LogP contribution in [0.2, 0.25) is 0 Å². The fraction of sp³-hybridized carbons (Fsp3) is 0.583. The Morgan fingerprint density at radius 3 is 2.94 bits per heavy atom. The van der Waals surface area contributed by atoms with Gasteiger partial charge in [0.05, 0.1) is 23.7 Å². The molecule has 1 saturated heterocycles. The highest BCUT2D eigenvalue weighted by atomic mass is 16.3. The van der Waals surface area contributed by atoms with Crippen LogP contribution in [0.15, 0.2) is 18.3 Å². The zero-order valence-corrected chi connectivity index (χ0v) is 9.63. The molecule has 1 unspecified atom stereocenters. The van der Waals surface area contributed by atoms with E-state index in [-0.39, 0.29) is 12.1 Å². The molecule has 88 valence electrons. The topological polar surface area (TPSA) is 62.4 Å². The van der Waals surface area contributed by atoms with Crippen LogP contribution >= 0.6 is 0 Å². The number of hydrogen-bond donors (Lipinski definition) is 2. The van der Waals surface area contributed by atoms with Crippen molar-refractivity contribution in [1.82, 2.24) is 4.98 Å². The van der Waals surface area contributed by atoms with Gasteiger partial charge in [-0.25, -0.2) is 0 Å². The van der Waals surface area contributed by atoms with Crippen LogP contribution < -0.4 is 10.6 Å². The maximum Gasteiger partial charge on any atom is 0.0731 e. The molecule has 1 aliphatic heterocycles. The Bertz CT molecular complexity index is 339. The van der Waals surface area contributed by atoms with E-state index in [0.717, 1.165) is 30.8 Å². The number of nitrogens with zero attached hydrogens (tertiary/aromatic N) is 2. The maximum atomic E-state index is 9.46. The van der Waals surface area contributed by atoms with Gasteiger partial charge in [0.25, 0.3) is 0 Å². The summed E-state index contributed by atoms with van der Waals surface area (Å²) in [6.07, 6.45) is 3.39. The van der Waals surface area contributed by atoms with Crippen LogP contribution in [-0.4, -0.2) is 29.3 Å². The van der Waals surface area contributed by atoms with Gasteiger partial charge in [0.15, 0.2) is 0 Å². The van der Waals surface area contributed by atoms with Crippen molar-refractivity contribution < 1.29 is 5.11 Å². The van der Waals surface area contributed by atoms with Crippen LogP contribution in [-0.2, 0) is 0 Å². The van der Waals surface area contributed by atoms with Crippen molar-refractivity contribution in [3.63, 3.8) is 0 Å². The van der Waals surface area contributed by atoms with Gasteiger partial charge in [-0.15, -0.1) is 0 Å². The highest BCUT2D eigenvalue weighted by Crippen LogP contribution is 2.21. The molecule has 0 radical (unpaired) electrons. The third kappa shape index (κ3) is 2.33. The number of aliphatic hydroxyl groups is 1. The lowest BCUT2D eigenvalue weighted by molar-refractivity contribution is 0.198. The smallest absolute Gasteiger partial charge is 0.0731 e. The second-order valence-corrected chi connectivity index (χ2v) is 4.34. The summed E-state index contributed by atoms with van der Waals surface area (Å²) in [7, 11) is 0. The van der Waals surface area contributed by atoms with Crippen LogP contribution in [0, 0.1) is 0 Å². The third-order valence-corrected chi connectivity index (χ3v) is 3.12. The van der Waals surface area contributed by atoms with E-state index in [1.807, 2.05) is 18.3 Å². The Morgan fingerprint density at radius 1 is 1.62 bits per heavy atom. The molecular weight excluding hydrogens is 202 g/mol. The lowest BCUT2D eigenvalue weighted by atomic mass is 10.1. The monoisotopic (exact) mass is 221 g/mol. The van der Waals surface area contributed by atoms with Crippen LogP contribution in [0.3, 0.4) is 0 Å². The Morgan fingerprint density at radius 2 is 2.44 bits per heavy atom. The molecule has 4 nitrogen and oxygen atoms in total. The molecule has 3 N–H and O–H groups in total. The lowest BCUT2D eigenvalue weighted by Crippen LogP contribution is -2.21. The molecule has 2 heterocycles. The molecular formula is C12H19N3O. The van der Waals surface area contributed by atoms with Gasteiger partial charge < -0.3 is 15.7 Å². The van der Waals surface area contributed by atoms with E-state index in [0.29, 0.717) is 6.54 Å². The van der Waals surface area contributed by atoms with Gasteiger partial charge >= 0.3 is 0 Å². The van der Waals surface area contributed by atoms with Crippen LogP contribution in [0.25, 0.3) is 0 Å². The number of aliphatic hydroxyl groups excluding tert-OH is 1. The van der Waals surface area contributed by atoms with E-state index < -0.39 is 0 Å². The molecule has 2 atom stereocenters. The largest absolute Gasteiger partial charge is 0.391 e. The first kappa shape index (κ1) is 11.4. The number of pyridine rings is 1. The summed E-state index contributed by atoms with van der Waals surface area (Å²) in [5.74, 6) is 0. The van der Waals surface area contributed by atoms with E-state index in [9.17, 15) is 5.11 Å². The third-order valence-electron chi connectivity index (χ3n) is 3.12. The highest BCUT2D eigenvalue weighted by molar-refractivity contribution is 5.46. The lowest BCUT2D eigenvalue weighted by Gasteiger charge is -2.18. The highest BCUT2D eigenvalue weighted by Gasteiger charge is 2.20. The summed E-state index contributed by atoms with van der Waals surface area (Å²) in [4.78, 5) is 6.52. The number of rotatable bonds is 3. The normalized spacial score (nSPS) is 22.4. The predicted octanol–water partition coefficient (Wildman–Crippen LogP) is 1.06. The first-order valence-corrected chi connectivity index (χ1v) is 5.85. The van der Waals surface area contributed by atoms with Gasteiger partial charge in [0, 0.05) is 19.1 Å². The molecule has 0 saturated carbocycles. The van der Waals surface area contributed by atoms with Gasteiger partial charge in [-0.3, -0.25) is 4.98 Å². The van der Waals surface area contributed by atoms with Gasteiger partial charge in [-0.05, 0) is 25.0 Å². The second-order valence-electron chi connectivity index (χ2n) is 4.34. The van der Waals surface area contributed by atoms with Crippen molar-refractivity contribution in [3.05, 3.63) is 24.0 Å². The standard InChI is InChI=1S/C12H19N3O/c1-2-11(13)12-4-3-9(7-14-12)15-6-5-10(16)8-15/h3-4,7,10-11,16H,2,5-6,8,13H2,1H3/t10?,11-/m0/s1. The Balaban J connectivity index is 2.07. The van der Waals surface area contributed by atoms with Crippen LogP contribution in [0.4, 0.5) is 5.69 Å². The maximum absolute atomic E-state index is 9.46. The number of β-amino-alcohol motifs (C(OH)–C–C–N with tert-alkyl or cyclic N) is 1. The molecule has 1 aliphatic rings. The summed E-state index contributed by atoms with van der Waals surface area (Å²) in [5.41, 5.74) is 7.91. The fourth-order valence-electron chi connectivity index (χ4n) is 1.99. The number of anilines is 1. The molecule has 0 aliphatic carbocycles. The van der Waals surface area contributed by atoms with E-state index in [4.69, 9.17) is 5.73 Å². The zero-order chi connectivity index (χ0) is 11.5. The van der Waals surface area contributed by atoms with Gasteiger partial charge in [0.2, 0.25) is 0 Å². The minimum Gasteiger partial charge on any atom is -0.391 e. The average molecular weight is 221 g/mol. The molecule has 0 aromatic carbocycles. The van der Waals surface area contributed by atoms with Gasteiger partial charge in [0.1, 0.15) is 0 Å². The summed E-state index contributed by atoms with van der Waals surface area (Å²) in [5, 5.41) is 9.46. The van der Waals surface area contributed by atoms with Crippen molar-refractivity contribution in [2.24, 2.45) is 5.73 Å². The molecule has 0 bridgehead atoms. The van der Waals surface area contributed by atoms with Crippen molar-refractivity contribution in [3.8, 4) is 0 Å². The molecule has 0 amide bonds. The summed E-state index contributed by atoms with van der Waals surface area (Å²) < 4.78 is 0. The van der Waals surface area contributed by atoms with E-state index in [2.05, 4.69) is 16.8 Å². The van der Waals surface area contributed by atoms with Crippen LogP contribution in [0.5, 0.6) is 0 Å². The molecule has 1 fully saturated rings. The Hall–Kier alpha value is -1.13. The minimum absolute atomic E-state index is 0.0261. The fourth-order valence-corrected chi connectivity index (χ4v) is 1.99. The first-order chi connectivity index (χ1) is 7.70. The molecule has 16 heavy (non-hydrogen) atoms. The number of aromatic nitrogens is 1. The van der Waals surface area contributed by atoms with Gasteiger partial charge in [-0.2, -0.15) is 0 Å². The summed E-state index contributed by atoms with van der Waals surface area (Å²) >= 11 is 0. The van der Waals surface area contributed by atoms with E-state index in [1.165, 1.54) is 0 Å². The van der Waals surface area contributed by atoms with Crippen molar-refractivity contribution in [1.29, 1.82) is 0 Å². The first-order valence-electron chi connectivity index (χ1n) is 5.85. The van der Waals surface area contributed by atoms with Crippen molar-refractivity contribution in [2.75, 3.05) is 18.0 Å². The summed E-state index contributed by atoms with van der Waals surface area (Å²) in [6, 6.07) is 4.04. The second kappa shape index (κ2) is 4.80. The molecule has 0 spiro atoms. The molecule has 2 rings (SSSR count). The zero-order valence-electron chi connectivity index (χ0n) is 9.63. The number of hydrogen-bond acceptors (Lipinski definition) is 4. The molecule has 4 heteroatoms. The van der Waals surface area contributed by atoms with E-state index >= 15 is 0 Å². The van der Waals surface area contributed by atoms with Crippen molar-refractivity contribution in [2.45, 2.75) is 31.9 Å². The van der Waals surface area contributed by atoms with Crippen molar-refractivity contribution >= 4 is 5.69 Å². The Labute approximate surface area is 96.1 Å². The van der Waals surface area contributed by atoms with Crippen LogP contribution in [0.1, 0.15) is 31.5 Å². The Kier molecular flexibility index (Phi) is 3.41. The molecule has 1 aromatic heterocycles. The SMILES string of the molecule is CC[C@H](N)c1ccc(N2CCC(O)C2)cn1. The number of nitrogens with two attached hydrogens (primary N) is 1. The predicted molar refractivity (Wildman–Crippen MR) is 64.3 cm³/mol. The minimum atomic E-state index is -0.197. The average Bonchev–Trinajstić information content (AvgIpc) is 2.75. The quantitative estimate of drug-likeness (QED) is 0.801. The van der Waals surface area contributed by atoms with Gasteiger partial charge in [-0.1, -0.05) is 6.92 Å².